The number of halogens is 2. The van der Waals surface area contributed by atoms with E-state index in [2.05, 4.69) is 22.4 Å². The van der Waals surface area contributed by atoms with E-state index in [0.29, 0.717) is 36.5 Å². The molecule has 2 heterocycles. The zero-order chi connectivity index (χ0) is 25.0. The van der Waals surface area contributed by atoms with Gasteiger partial charge in [0.15, 0.2) is 0 Å². The summed E-state index contributed by atoms with van der Waals surface area (Å²) in [6.45, 7) is 3.38. The summed E-state index contributed by atoms with van der Waals surface area (Å²) in [4.78, 5) is 15.3. The molecule has 1 aliphatic heterocycles. The Morgan fingerprint density at radius 3 is 2.72 bits per heavy atom. The minimum Gasteiger partial charge on any atom is -0.320 e. The van der Waals surface area contributed by atoms with Gasteiger partial charge < -0.3 is 14.8 Å². The minimum atomic E-state index is -0.763. The van der Waals surface area contributed by atoms with Gasteiger partial charge in [0.1, 0.15) is 18.3 Å². The summed E-state index contributed by atoms with van der Waals surface area (Å²) in [7, 11) is 1.91. The van der Waals surface area contributed by atoms with Crippen molar-refractivity contribution in [2.45, 2.75) is 69.7 Å². The van der Waals surface area contributed by atoms with E-state index in [-0.39, 0.29) is 23.3 Å². The third kappa shape index (κ3) is 4.12. The van der Waals surface area contributed by atoms with Crippen molar-refractivity contribution in [2.75, 3.05) is 4.90 Å². The van der Waals surface area contributed by atoms with Gasteiger partial charge in [-0.05, 0) is 80.3 Å². The van der Waals surface area contributed by atoms with Crippen LogP contribution in [0.3, 0.4) is 0 Å². The van der Waals surface area contributed by atoms with Crippen molar-refractivity contribution in [1.29, 1.82) is 0 Å². The van der Waals surface area contributed by atoms with E-state index in [4.69, 9.17) is 11.6 Å². The molecule has 2 aromatic carbocycles. The van der Waals surface area contributed by atoms with Crippen LogP contribution in [0.5, 0.6) is 0 Å². The van der Waals surface area contributed by atoms with Gasteiger partial charge in [0, 0.05) is 46.9 Å². The van der Waals surface area contributed by atoms with Crippen molar-refractivity contribution in [1.82, 2.24) is 20.1 Å². The van der Waals surface area contributed by atoms with E-state index in [0.717, 1.165) is 28.2 Å². The number of benzene rings is 2. The van der Waals surface area contributed by atoms with Crippen molar-refractivity contribution in [3.63, 3.8) is 0 Å². The lowest BCUT2D eigenvalue weighted by Gasteiger charge is -2.39. The molecule has 8 heteroatoms. The molecule has 0 spiro atoms. The Kier molecular flexibility index (Phi) is 5.88. The molecule has 2 fully saturated rings. The fraction of sp³-hybridized carbons (Fsp3) is 0.464. The van der Waals surface area contributed by atoms with Crippen molar-refractivity contribution in [2.24, 2.45) is 13.0 Å². The summed E-state index contributed by atoms with van der Waals surface area (Å²) in [5.74, 6) is 0.870. The highest BCUT2D eigenvalue weighted by Crippen LogP contribution is 2.45. The summed E-state index contributed by atoms with van der Waals surface area (Å²) in [5, 5.41) is 12.7. The number of nitrogens with zero attached hydrogens (tertiary/aromatic N) is 4. The second kappa shape index (κ2) is 8.96. The van der Waals surface area contributed by atoms with Crippen molar-refractivity contribution in [3.05, 3.63) is 75.8 Å². The number of hydrogen-bond donors (Lipinski definition) is 1. The Labute approximate surface area is 215 Å². The first kappa shape index (κ1) is 23.6. The molecule has 0 radical (unpaired) electrons. The fourth-order valence-electron chi connectivity index (χ4n) is 5.88. The third-order valence-electron chi connectivity index (χ3n) is 8.38. The highest BCUT2D eigenvalue weighted by atomic mass is 35.5. The second-order valence-corrected chi connectivity index (χ2v) is 11.4. The molecule has 0 unspecified atom stereocenters. The van der Waals surface area contributed by atoms with Crippen molar-refractivity contribution in [3.8, 4) is 0 Å². The van der Waals surface area contributed by atoms with E-state index in [1.165, 1.54) is 19.3 Å². The van der Waals surface area contributed by atoms with Crippen LogP contribution in [0.15, 0.2) is 42.7 Å². The van der Waals surface area contributed by atoms with Gasteiger partial charge in [0.05, 0.1) is 6.54 Å². The molecule has 1 atom stereocenters. The van der Waals surface area contributed by atoms with E-state index in [9.17, 15) is 9.18 Å². The number of hydrogen-bond acceptors (Lipinski definition) is 4. The number of aromatic nitrogens is 3. The van der Waals surface area contributed by atoms with E-state index >= 15 is 0 Å². The molecule has 188 valence electrons. The molecule has 1 amide bonds. The Morgan fingerprint density at radius 2 is 2.06 bits per heavy atom. The molecule has 1 N–H and O–H groups in total. The topological polar surface area (TPSA) is 63.1 Å². The van der Waals surface area contributed by atoms with Crippen LogP contribution in [-0.2, 0) is 20.1 Å². The normalized spacial score (nSPS) is 23.2. The molecule has 6 nitrogen and oxygen atoms in total. The number of carbonyl (C=O) groups excluding carboxylic acids is 1. The lowest BCUT2D eigenvalue weighted by molar-refractivity contribution is 0.0996. The molecule has 0 saturated heterocycles. The highest BCUT2D eigenvalue weighted by Gasteiger charge is 2.39. The number of nitrogens with one attached hydrogen (secondary N) is 1. The Balaban J connectivity index is 1.27. The number of rotatable bonds is 7. The van der Waals surface area contributed by atoms with Crippen LogP contribution in [0.1, 0.15) is 77.8 Å². The Morgan fingerprint density at radius 1 is 1.25 bits per heavy atom. The van der Waals surface area contributed by atoms with Crippen molar-refractivity contribution < 1.29 is 9.18 Å². The summed E-state index contributed by atoms with van der Waals surface area (Å²) in [6.07, 6.45) is 5.56. The highest BCUT2D eigenvalue weighted by molar-refractivity contribution is 6.32. The van der Waals surface area contributed by atoms with Gasteiger partial charge in [-0.3, -0.25) is 4.79 Å². The van der Waals surface area contributed by atoms with Gasteiger partial charge in [-0.15, -0.1) is 10.2 Å². The van der Waals surface area contributed by atoms with Gasteiger partial charge >= 0.3 is 0 Å². The van der Waals surface area contributed by atoms with E-state index in [1.54, 1.807) is 11.2 Å². The first-order valence-electron chi connectivity index (χ1n) is 12.8. The number of carbonyl (C=O) groups is 1. The molecule has 1 aromatic heterocycles. The molecular formula is C28H31ClFN5O. The number of amides is 1. The lowest BCUT2D eigenvalue weighted by atomic mass is 9.71. The maximum atomic E-state index is 13.8. The number of anilines is 1. The monoisotopic (exact) mass is 507 g/mol. The number of alkyl halides is 1. The number of aryl methyl sites for hydroxylation is 1. The van der Waals surface area contributed by atoms with Gasteiger partial charge in [-0.2, -0.15) is 0 Å². The maximum Gasteiger partial charge on any atom is 0.258 e. The molecule has 2 saturated carbocycles. The lowest BCUT2D eigenvalue weighted by Crippen LogP contribution is -2.47. The summed E-state index contributed by atoms with van der Waals surface area (Å²) in [6, 6.07) is 12.0. The molecule has 3 aromatic rings. The van der Waals surface area contributed by atoms with Crippen LogP contribution in [0.25, 0.3) is 0 Å². The smallest absolute Gasteiger partial charge is 0.258 e. The van der Waals surface area contributed by atoms with Crippen LogP contribution < -0.4 is 10.2 Å². The van der Waals surface area contributed by atoms with Crippen LogP contribution in [0.4, 0.5) is 10.1 Å². The van der Waals surface area contributed by atoms with Gasteiger partial charge in [-0.25, -0.2) is 4.39 Å². The predicted molar refractivity (Wildman–Crippen MR) is 138 cm³/mol. The molecular weight excluding hydrogens is 477 g/mol. The third-order valence-corrected chi connectivity index (χ3v) is 8.71. The van der Waals surface area contributed by atoms with Crippen LogP contribution in [-0.4, -0.2) is 32.4 Å². The Hall–Kier alpha value is -2.77. The van der Waals surface area contributed by atoms with Crippen molar-refractivity contribution >= 4 is 23.2 Å². The average Bonchev–Trinajstić information content (AvgIpc) is 3.39. The maximum absolute atomic E-state index is 13.8. The summed E-state index contributed by atoms with van der Waals surface area (Å²) >= 11 is 6.68. The zero-order valence-electron chi connectivity index (χ0n) is 20.7. The van der Waals surface area contributed by atoms with E-state index in [1.807, 2.05) is 48.0 Å². The molecule has 36 heavy (non-hydrogen) atoms. The SMILES string of the molecule is Cn1cnnc1[C@@H](c1cccc(N2Cc3c(Cl)cc(CNC4(C)CCC4)cc3C2=O)c1)[C@H]1C[C@H](F)C1. The standard InChI is InChI=1S/C28H31ClFN5O/c1-28(7-4-8-28)31-14-17-9-22-23(24(29)10-17)15-35(27(22)36)21-6-3-5-18(13-21)25(19-11-20(30)12-19)26-33-32-16-34(26)2/h3,5-6,9-10,13,16,19-20,25,31H,4,7-8,11-12,14-15H2,1-2H3/t19-,20-,25-/m0/s1. The molecule has 6 rings (SSSR count). The first-order valence-corrected chi connectivity index (χ1v) is 13.2. The van der Waals surface area contributed by atoms with Crippen LogP contribution >= 0.6 is 11.6 Å². The summed E-state index contributed by atoms with van der Waals surface area (Å²) in [5.41, 5.74) is 4.60. The largest absolute Gasteiger partial charge is 0.320 e. The van der Waals surface area contributed by atoms with Crippen LogP contribution in [0, 0.1) is 5.92 Å². The predicted octanol–water partition coefficient (Wildman–Crippen LogP) is 5.54. The second-order valence-electron chi connectivity index (χ2n) is 11.0. The minimum absolute atomic E-state index is 0.0385. The zero-order valence-corrected chi connectivity index (χ0v) is 21.4. The van der Waals surface area contributed by atoms with Gasteiger partial charge in [0.25, 0.3) is 5.91 Å². The van der Waals surface area contributed by atoms with E-state index < -0.39 is 6.17 Å². The van der Waals surface area contributed by atoms with Gasteiger partial charge in [-0.1, -0.05) is 23.7 Å². The van der Waals surface area contributed by atoms with Crippen LogP contribution in [0.2, 0.25) is 5.02 Å². The van der Waals surface area contributed by atoms with Gasteiger partial charge in [0.2, 0.25) is 0 Å². The fourth-order valence-corrected chi connectivity index (χ4v) is 6.18. The molecule has 3 aliphatic rings. The Bertz CT molecular complexity index is 1310. The molecule has 2 aliphatic carbocycles. The quantitative estimate of drug-likeness (QED) is 0.456. The first-order chi connectivity index (χ1) is 17.3. The average molecular weight is 508 g/mol. The molecule has 0 bridgehead atoms. The summed E-state index contributed by atoms with van der Waals surface area (Å²) < 4.78 is 15.7. The number of fused-ring (bicyclic) bond motifs is 1.